The van der Waals surface area contributed by atoms with E-state index >= 15 is 0 Å². The van der Waals surface area contributed by atoms with E-state index in [1.54, 1.807) is 12.1 Å². The Labute approximate surface area is 123 Å². The molecule has 2 aromatic carbocycles. The van der Waals surface area contributed by atoms with Crippen molar-refractivity contribution in [2.24, 2.45) is 0 Å². The van der Waals surface area contributed by atoms with E-state index in [-0.39, 0.29) is 11.7 Å². The lowest BCUT2D eigenvalue weighted by Gasteiger charge is -2.05. The van der Waals surface area contributed by atoms with Gasteiger partial charge in [-0.05, 0) is 42.3 Å². The molecule has 0 spiro atoms. The molecule has 2 aromatic rings. The molecule has 0 fully saturated rings. The largest absolute Gasteiger partial charge is 0.494 e. The summed E-state index contributed by atoms with van der Waals surface area (Å²) in [5.74, 6) is -0.545. The van der Waals surface area contributed by atoms with Gasteiger partial charge in [0.25, 0.3) is 0 Å². The van der Waals surface area contributed by atoms with Crippen molar-refractivity contribution in [1.29, 1.82) is 0 Å². The monoisotopic (exact) mass is 285 g/mol. The number of amides is 1. The van der Waals surface area contributed by atoms with E-state index in [0.29, 0.717) is 5.56 Å². The third-order valence-corrected chi connectivity index (χ3v) is 3.01. The minimum Gasteiger partial charge on any atom is -0.494 e. The molecule has 0 radical (unpaired) electrons. The number of halogens is 1. The predicted molar refractivity (Wildman–Crippen MR) is 81.8 cm³/mol. The van der Waals surface area contributed by atoms with E-state index in [1.165, 1.54) is 25.3 Å². The molecular formula is C17H16FNO2. The fourth-order valence-electron chi connectivity index (χ4n) is 1.85. The van der Waals surface area contributed by atoms with E-state index in [4.69, 9.17) is 4.74 Å². The Bertz CT molecular complexity index is 680. The molecule has 0 heterocycles. The summed E-state index contributed by atoms with van der Waals surface area (Å²) in [6, 6.07) is 12.0. The van der Waals surface area contributed by atoms with Crippen molar-refractivity contribution in [1.82, 2.24) is 0 Å². The molecule has 0 atom stereocenters. The highest BCUT2D eigenvalue weighted by atomic mass is 19.1. The van der Waals surface area contributed by atoms with Crippen molar-refractivity contribution < 1.29 is 13.9 Å². The van der Waals surface area contributed by atoms with Gasteiger partial charge in [-0.25, -0.2) is 4.39 Å². The first-order valence-electron chi connectivity index (χ1n) is 6.48. The molecule has 0 unspecified atom stereocenters. The van der Waals surface area contributed by atoms with Crippen molar-refractivity contribution in [3.05, 3.63) is 65.5 Å². The summed E-state index contributed by atoms with van der Waals surface area (Å²) >= 11 is 0. The average molecular weight is 285 g/mol. The van der Waals surface area contributed by atoms with Gasteiger partial charge in [-0.15, -0.1) is 0 Å². The van der Waals surface area contributed by atoms with E-state index < -0.39 is 5.82 Å². The summed E-state index contributed by atoms with van der Waals surface area (Å²) in [6.07, 6.45) is 2.92. The molecule has 0 bridgehead atoms. The number of carbonyl (C=O) groups is 1. The number of ether oxygens (including phenoxy) is 1. The van der Waals surface area contributed by atoms with Gasteiger partial charge in [-0.3, -0.25) is 4.79 Å². The highest BCUT2D eigenvalue weighted by molar-refractivity contribution is 6.02. The second-order valence-electron chi connectivity index (χ2n) is 4.53. The topological polar surface area (TPSA) is 38.3 Å². The van der Waals surface area contributed by atoms with Crippen LogP contribution >= 0.6 is 0 Å². The fraction of sp³-hybridized carbons (Fsp3) is 0.118. The fourth-order valence-corrected chi connectivity index (χ4v) is 1.85. The van der Waals surface area contributed by atoms with Gasteiger partial charge in [-0.2, -0.15) is 0 Å². The summed E-state index contributed by atoms with van der Waals surface area (Å²) in [4.78, 5) is 11.8. The van der Waals surface area contributed by atoms with Crippen LogP contribution in [0.5, 0.6) is 5.75 Å². The number of carbonyl (C=O) groups excluding carboxylic acids is 1. The van der Waals surface area contributed by atoms with Crippen molar-refractivity contribution in [2.75, 3.05) is 12.4 Å². The zero-order valence-corrected chi connectivity index (χ0v) is 11.9. The number of hydrogen-bond donors (Lipinski definition) is 1. The number of nitrogens with one attached hydrogen (secondary N) is 1. The first-order valence-corrected chi connectivity index (χ1v) is 6.48. The summed E-state index contributed by atoms with van der Waals surface area (Å²) in [6.45, 7) is 1.91. The summed E-state index contributed by atoms with van der Waals surface area (Å²) in [5, 5.41) is 2.77. The van der Waals surface area contributed by atoms with Crippen LogP contribution in [0.25, 0.3) is 6.08 Å². The van der Waals surface area contributed by atoms with Crippen LogP contribution < -0.4 is 10.1 Å². The summed E-state index contributed by atoms with van der Waals surface area (Å²) in [5.41, 5.74) is 2.33. The van der Waals surface area contributed by atoms with Crippen LogP contribution in [0.15, 0.2) is 48.5 Å². The molecular weight excluding hydrogens is 269 g/mol. The molecule has 0 aromatic heterocycles. The molecule has 0 saturated heterocycles. The SMILES string of the molecule is COc1ccc(/C=C/C(=O)Nc2ccccc2C)cc1F. The van der Waals surface area contributed by atoms with Crippen LogP contribution in [-0.2, 0) is 4.79 Å². The maximum Gasteiger partial charge on any atom is 0.248 e. The third kappa shape index (κ3) is 3.92. The second-order valence-corrected chi connectivity index (χ2v) is 4.53. The minimum absolute atomic E-state index is 0.177. The zero-order valence-electron chi connectivity index (χ0n) is 11.9. The number of anilines is 1. The van der Waals surface area contributed by atoms with Crippen LogP contribution in [0.1, 0.15) is 11.1 Å². The van der Waals surface area contributed by atoms with Crippen LogP contribution in [0, 0.1) is 12.7 Å². The maximum atomic E-state index is 13.5. The normalized spacial score (nSPS) is 10.6. The number of hydrogen-bond acceptors (Lipinski definition) is 2. The molecule has 0 aliphatic carbocycles. The Morgan fingerprint density at radius 3 is 2.67 bits per heavy atom. The molecule has 1 amide bonds. The number of para-hydroxylation sites is 1. The van der Waals surface area contributed by atoms with Crippen LogP contribution in [0.3, 0.4) is 0 Å². The average Bonchev–Trinajstić information content (AvgIpc) is 2.48. The molecule has 0 aliphatic rings. The maximum absolute atomic E-state index is 13.5. The van der Waals surface area contributed by atoms with Crippen molar-refractivity contribution in [3.8, 4) is 5.75 Å². The van der Waals surface area contributed by atoms with Crippen LogP contribution in [0.2, 0.25) is 0 Å². The lowest BCUT2D eigenvalue weighted by molar-refractivity contribution is -0.111. The molecule has 21 heavy (non-hydrogen) atoms. The Balaban J connectivity index is 2.05. The zero-order chi connectivity index (χ0) is 15.2. The van der Waals surface area contributed by atoms with Gasteiger partial charge in [0.05, 0.1) is 7.11 Å². The Morgan fingerprint density at radius 1 is 1.24 bits per heavy atom. The van der Waals surface area contributed by atoms with Crippen LogP contribution in [0.4, 0.5) is 10.1 Å². The van der Waals surface area contributed by atoms with Crippen molar-refractivity contribution in [2.45, 2.75) is 6.92 Å². The minimum atomic E-state index is -0.459. The molecule has 4 heteroatoms. The van der Waals surface area contributed by atoms with Gasteiger partial charge in [0.1, 0.15) is 0 Å². The lowest BCUT2D eigenvalue weighted by atomic mass is 10.2. The summed E-state index contributed by atoms with van der Waals surface area (Å²) in [7, 11) is 1.41. The Morgan fingerprint density at radius 2 is 2.00 bits per heavy atom. The quantitative estimate of drug-likeness (QED) is 0.868. The predicted octanol–water partition coefficient (Wildman–Crippen LogP) is 3.79. The van der Waals surface area contributed by atoms with Crippen LogP contribution in [-0.4, -0.2) is 13.0 Å². The number of rotatable bonds is 4. The van der Waals surface area contributed by atoms with Gasteiger partial charge in [0, 0.05) is 11.8 Å². The molecule has 0 saturated carbocycles. The number of aryl methyl sites for hydroxylation is 1. The van der Waals surface area contributed by atoms with E-state index in [1.807, 2.05) is 31.2 Å². The molecule has 1 N–H and O–H groups in total. The molecule has 3 nitrogen and oxygen atoms in total. The Kier molecular flexibility index (Phi) is 4.72. The number of methoxy groups -OCH3 is 1. The van der Waals surface area contributed by atoms with Crippen molar-refractivity contribution >= 4 is 17.7 Å². The van der Waals surface area contributed by atoms with Gasteiger partial charge >= 0.3 is 0 Å². The Hall–Kier alpha value is -2.62. The molecule has 108 valence electrons. The van der Waals surface area contributed by atoms with E-state index in [2.05, 4.69) is 5.32 Å². The third-order valence-electron chi connectivity index (χ3n) is 3.01. The first-order chi connectivity index (χ1) is 10.1. The first kappa shape index (κ1) is 14.8. The smallest absolute Gasteiger partial charge is 0.248 e. The standard InChI is InChI=1S/C17H16FNO2/c1-12-5-3-4-6-15(12)19-17(20)10-8-13-7-9-16(21-2)14(18)11-13/h3-11H,1-2H3,(H,19,20)/b10-8+. The van der Waals surface area contributed by atoms with E-state index in [9.17, 15) is 9.18 Å². The van der Waals surface area contributed by atoms with Gasteiger partial charge in [0.2, 0.25) is 5.91 Å². The molecule has 2 rings (SSSR count). The lowest BCUT2D eigenvalue weighted by Crippen LogP contribution is -2.08. The van der Waals surface area contributed by atoms with Crippen molar-refractivity contribution in [3.63, 3.8) is 0 Å². The summed E-state index contributed by atoms with van der Waals surface area (Å²) < 4.78 is 18.4. The van der Waals surface area contributed by atoms with Gasteiger partial charge in [-0.1, -0.05) is 24.3 Å². The van der Waals surface area contributed by atoms with E-state index in [0.717, 1.165) is 11.3 Å². The molecule has 0 aliphatic heterocycles. The van der Waals surface area contributed by atoms with Gasteiger partial charge < -0.3 is 10.1 Å². The highest BCUT2D eigenvalue weighted by Crippen LogP contribution is 2.18. The number of benzene rings is 2. The second kappa shape index (κ2) is 6.70. The van der Waals surface area contributed by atoms with Gasteiger partial charge in [0.15, 0.2) is 11.6 Å². The highest BCUT2D eigenvalue weighted by Gasteiger charge is 2.03.